The Morgan fingerprint density at radius 3 is 1.01 bits per heavy atom. The Hall–Kier alpha value is -6.73. The van der Waals surface area contributed by atoms with Crippen LogP contribution in [0.15, 0.2) is 0 Å². The summed E-state index contributed by atoms with van der Waals surface area (Å²) in [6, 6.07) is -8.17. The number of esters is 6. The summed E-state index contributed by atoms with van der Waals surface area (Å²) in [6.07, 6.45) is -9.10. The Balaban J connectivity index is 6.27. The summed E-state index contributed by atoms with van der Waals surface area (Å²) in [6.45, 7) is 30.1. The quantitative estimate of drug-likeness (QED) is 0.0267. The van der Waals surface area contributed by atoms with Gasteiger partial charge in [-0.1, -0.05) is 111 Å². The maximum Gasteiger partial charge on any atom is 0.345 e. The zero-order chi connectivity index (χ0) is 64.5. The lowest BCUT2D eigenvalue weighted by atomic mass is 10.0. The van der Waals surface area contributed by atoms with Crippen LogP contribution >= 0.6 is 0 Å². The third-order valence-electron chi connectivity index (χ3n) is 12.5. The van der Waals surface area contributed by atoms with Gasteiger partial charge in [-0.15, -0.1) is 0 Å². The van der Waals surface area contributed by atoms with E-state index in [9.17, 15) is 67.4 Å². The van der Waals surface area contributed by atoms with Crippen LogP contribution in [0, 0.1) is 47.3 Å². The number of aliphatic carboxylic acids is 1. The lowest BCUT2D eigenvalue weighted by Gasteiger charge is -2.29. The van der Waals surface area contributed by atoms with Crippen molar-refractivity contribution in [1.82, 2.24) is 26.6 Å². The van der Waals surface area contributed by atoms with Gasteiger partial charge in [-0.25, -0.2) is 28.8 Å². The maximum atomic E-state index is 13.8. The minimum atomic E-state index is -1.59. The average Bonchev–Trinajstić information content (AvgIpc) is 3.45. The van der Waals surface area contributed by atoms with E-state index in [4.69, 9.17) is 34.2 Å². The van der Waals surface area contributed by atoms with Crippen LogP contribution < -0.4 is 32.3 Å². The molecular weight excluding hydrogens is 1090 g/mol. The molecule has 0 saturated heterocycles. The zero-order valence-corrected chi connectivity index (χ0v) is 51.9. The number of ether oxygens (including phenoxy) is 6. The molecule has 26 nitrogen and oxygen atoms in total. The Morgan fingerprint density at radius 2 is 0.711 bits per heavy atom. The van der Waals surface area contributed by atoms with Crippen molar-refractivity contribution in [1.29, 1.82) is 0 Å². The molecule has 0 aromatic heterocycles. The number of hydrogen-bond acceptors (Lipinski definition) is 20. The second kappa shape index (κ2) is 36.8. The summed E-state index contributed by atoms with van der Waals surface area (Å²) < 4.78 is 32.9. The van der Waals surface area contributed by atoms with Gasteiger partial charge in [0, 0.05) is 12.3 Å². The fraction of sp³-hybridized carbons (Fsp3) is 0.772. The molecule has 0 saturated carbocycles. The van der Waals surface area contributed by atoms with E-state index in [0.717, 1.165) is 0 Å². The second-order valence-corrected chi connectivity index (χ2v) is 23.8. The SMILES string of the molecule is CC(C)C[C@@H](OC(=O)[C@H](CCC=O)NC(=O)[C@@H](OC(=O)[C@@H](C)NC(=O)[C@@H](CC(C)C)OC(=O)[C@@H](N)C(C)C)C(C)C)C(=O)N[C@H](C)C(=O)O[C@H](C(=O)N[C@H](C(=O)O[C@H](CC(C)C)C(=O)N[C@H](C)C(=O)O[C@H](C(=O)O)C(C)C)C(C)C)C(C)C. The van der Waals surface area contributed by atoms with E-state index in [1.54, 1.807) is 83.1 Å². The summed E-state index contributed by atoms with van der Waals surface area (Å²) >= 11 is 0. The fourth-order valence-corrected chi connectivity index (χ4v) is 7.54. The molecule has 0 aliphatic heterocycles. The first kappa shape index (κ1) is 76.3. The van der Waals surface area contributed by atoms with Crippen molar-refractivity contribution in [2.24, 2.45) is 53.1 Å². The van der Waals surface area contributed by atoms with Gasteiger partial charge in [-0.3, -0.25) is 28.8 Å². The third kappa shape index (κ3) is 27.5. The molecule has 474 valence electrons. The monoisotopic (exact) mass is 1180 g/mol. The number of hydrogen-bond donors (Lipinski definition) is 7. The summed E-state index contributed by atoms with van der Waals surface area (Å²) in [7, 11) is 0. The van der Waals surface area contributed by atoms with Gasteiger partial charge in [-0.2, -0.15) is 0 Å². The van der Waals surface area contributed by atoms with E-state index in [1.807, 2.05) is 0 Å². The highest BCUT2D eigenvalue weighted by Gasteiger charge is 2.40. The first-order chi connectivity index (χ1) is 38.3. The van der Waals surface area contributed by atoms with Gasteiger partial charge >= 0.3 is 41.8 Å². The summed E-state index contributed by atoms with van der Waals surface area (Å²) in [4.78, 5) is 171. The topological polar surface area (TPSA) is 384 Å². The van der Waals surface area contributed by atoms with Gasteiger partial charge in [-0.05, 0) is 87.9 Å². The van der Waals surface area contributed by atoms with Crippen LogP contribution in [0.5, 0.6) is 0 Å². The molecule has 0 rings (SSSR count). The standard InChI is InChI=1S/C57H96N6O20/c1-26(2)23-38(78-55(75)37(21-20-22-64)62-49(68)43(31(11)12)81-52(72)34(17)60-47(66)39(24-27(3)4)79-56(76)41(58)29(7)8)46(65)59-35(18)53(73)82-44(32(13)14)50(69)63-42(30(9)10)57(77)80-40(25-28(5)6)48(67)61-36(19)54(74)83-45(33(15)16)51(70)71/h22,26-45H,20-21,23-25,58H2,1-19H3,(H,59,65)(H,60,66)(H,61,67)(H,62,68)(H,63,69)(H,70,71)/t34-,35-,36-,37+,38-,39-,40-,41+,42+,43+,44+,45+/m1/s1. The number of rotatable bonds is 37. The highest BCUT2D eigenvalue weighted by atomic mass is 16.6. The van der Waals surface area contributed by atoms with Crippen LogP contribution in [0.3, 0.4) is 0 Å². The fourth-order valence-electron chi connectivity index (χ4n) is 7.54. The Morgan fingerprint density at radius 1 is 0.386 bits per heavy atom. The smallest absolute Gasteiger partial charge is 0.345 e. The van der Waals surface area contributed by atoms with Crippen molar-refractivity contribution >= 4 is 77.6 Å². The Bertz CT molecular complexity index is 2210. The summed E-state index contributed by atoms with van der Waals surface area (Å²) in [5.41, 5.74) is 5.92. The summed E-state index contributed by atoms with van der Waals surface area (Å²) in [5, 5.41) is 21.7. The molecule has 26 heteroatoms. The van der Waals surface area contributed by atoms with Crippen LogP contribution in [0.1, 0.15) is 164 Å². The first-order valence-electron chi connectivity index (χ1n) is 28.4. The minimum absolute atomic E-state index is 0.0208. The van der Waals surface area contributed by atoms with Crippen LogP contribution in [-0.4, -0.2) is 156 Å². The molecule has 0 unspecified atom stereocenters. The largest absolute Gasteiger partial charge is 0.478 e. The number of carbonyl (C=O) groups is 13. The van der Waals surface area contributed by atoms with Gasteiger partial charge in [0.2, 0.25) is 6.10 Å². The molecule has 5 amide bonds. The van der Waals surface area contributed by atoms with Crippen molar-refractivity contribution in [2.75, 3.05) is 0 Å². The molecule has 0 fully saturated rings. The lowest BCUT2D eigenvalue weighted by molar-refractivity contribution is -0.169. The number of carboxylic acids is 1. The normalized spacial score (nSPS) is 16.0. The second-order valence-electron chi connectivity index (χ2n) is 23.8. The number of nitrogens with one attached hydrogen (secondary N) is 5. The van der Waals surface area contributed by atoms with Crippen LogP contribution in [0.4, 0.5) is 0 Å². The first-order valence-corrected chi connectivity index (χ1v) is 28.4. The number of carbonyl (C=O) groups excluding carboxylic acids is 12. The predicted octanol–water partition coefficient (Wildman–Crippen LogP) is 2.75. The van der Waals surface area contributed by atoms with Crippen molar-refractivity contribution in [3.63, 3.8) is 0 Å². The van der Waals surface area contributed by atoms with Crippen molar-refractivity contribution in [3.05, 3.63) is 0 Å². The van der Waals surface area contributed by atoms with Gasteiger partial charge in [0.15, 0.2) is 30.5 Å². The van der Waals surface area contributed by atoms with E-state index in [0.29, 0.717) is 6.29 Å². The van der Waals surface area contributed by atoms with Crippen molar-refractivity contribution in [3.8, 4) is 0 Å². The van der Waals surface area contributed by atoms with Crippen molar-refractivity contribution in [2.45, 2.75) is 237 Å². The molecule has 0 aromatic rings. The molecule has 0 radical (unpaired) electrons. The Labute approximate surface area is 488 Å². The predicted molar refractivity (Wildman–Crippen MR) is 299 cm³/mol. The van der Waals surface area contributed by atoms with Gasteiger partial charge in [0.05, 0.1) is 0 Å². The third-order valence-corrected chi connectivity index (χ3v) is 12.5. The van der Waals surface area contributed by atoms with Gasteiger partial charge < -0.3 is 70.6 Å². The van der Waals surface area contributed by atoms with E-state index in [2.05, 4.69) is 26.6 Å². The number of carboxylic acid groups (broad SMARTS) is 1. The molecule has 0 heterocycles. The Kier molecular flexibility index (Phi) is 33.8. The molecule has 8 N–H and O–H groups in total. The van der Waals surface area contributed by atoms with Gasteiger partial charge in [0.25, 0.3) is 29.5 Å². The molecule has 12 atom stereocenters. The average molecular weight is 1190 g/mol. The lowest BCUT2D eigenvalue weighted by Crippen LogP contribution is -2.54. The van der Waals surface area contributed by atoms with E-state index in [-0.39, 0.29) is 55.8 Å². The molecule has 0 aromatic carbocycles. The van der Waals surface area contributed by atoms with Crippen LogP contribution in [0.25, 0.3) is 0 Å². The molecule has 0 spiro atoms. The number of amides is 5. The highest BCUT2D eigenvalue weighted by Crippen LogP contribution is 2.19. The minimum Gasteiger partial charge on any atom is -0.478 e. The van der Waals surface area contributed by atoms with E-state index in [1.165, 1.54) is 48.5 Å². The number of nitrogens with two attached hydrogens (primary N) is 1. The van der Waals surface area contributed by atoms with Gasteiger partial charge in [0.1, 0.15) is 42.5 Å². The number of aldehydes is 1. The zero-order valence-electron chi connectivity index (χ0n) is 51.9. The summed E-state index contributed by atoms with van der Waals surface area (Å²) in [5.74, 6) is -15.8. The van der Waals surface area contributed by atoms with E-state index >= 15 is 0 Å². The van der Waals surface area contributed by atoms with E-state index < -0.39 is 168 Å². The van der Waals surface area contributed by atoms with Crippen LogP contribution in [0.2, 0.25) is 0 Å². The molecule has 83 heavy (non-hydrogen) atoms. The highest BCUT2D eigenvalue weighted by molar-refractivity contribution is 5.95. The van der Waals surface area contributed by atoms with Crippen molar-refractivity contribution < 1.29 is 95.9 Å². The molecular formula is C57H96N6O20. The maximum absolute atomic E-state index is 13.8. The molecule has 0 aliphatic carbocycles. The molecule has 0 bridgehead atoms. The van der Waals surface area contributed by atoms with Crippen LogP contribution in [-0.2, 0) is 90.8 Å². The molecule has 0 aliphatic rings.